The van der Waals surface area contributed by atoms with E-state index in [1.165, 1.54) is 23.9 Å². The summed E-state index contributed by atoms with van der Waals surface area (Å²) in [6.45, 7) is 1.92. The summed E-state index contributed by atoms with van der Waals surface area (Å²) in [5, 5.41) is 9.51. The van der Waals surface area contributed by atoms with Crippen LogP contribution in [-0.4, -0.2) is 29.4 Å². The standard InChI is InChI=1S/C18H18ClFN4O2S2/c1-12-3-6-14(19)9-16(12)24-17(10-21-28(2,25)26)22-23-18(24)27-11-13-4-7-15(20)8-5-13/h3-9,21H,10-11H2,1-2H3. The SMILES string of the molecule is Cc1ccc(Cl)cc1-n1c(CNS(C)(=O)=O)nnc1SCc1ccc(F)cc1. The number of thioether (sulfide) groups is 1. The fourth-order valence-electron chi connectivity index (χ4n) is 2.50. The molecule has 0 bridgehead atoms. The Bertz CT molecular complexity index is 1090. The van der Waals surface area contributed by atoms with E-state index in [0.717, 1.165) is 23.1 Å². The van der Waals surface area contributed by atoms with Gasteiger partial charge in [-0.1, -0.05) is 41.6 Å². The van der Waals surface area contributed by atoms with Gasteiger partial charge in [-0.25, -0.2) is 17.5 Å². The monoisotopic (exact) mass is 440 g/mol. The minimum atomic E-state index is -3.39. The minimum absolute atomic E-state index is 0.00506. The number of hydrogen-bond donors (Lipinski definition) is 1. The van der Waals surface area contributed by atoms with Crippen molar-refractivity contribution >= 4 is 33.4 Å². The van der Waals surface area contributed by atoms with Crippen molar-refractivity contribution in [2.45, 2.75) is 24.4 Å². The molecule has 0 radical (unpaired) electrons. The van der Waals surface area contributed by atoms with Gasteiger partial charge in [-0.15, -0.1) is 10.2 Å². The van der Waals surface area contributed by atoms with Crippen LogP contribution in [0.25, 0.3) is 5.69 Å². The molecular weight excluding hydrogens is 423 g/mol. The number of sulfonamides is 1. The highest BCUT2D eigenvalue weighted by molar-refractivity contribution is 7.98. The third-order valence-electron chi connectivity index (χ3n) is 3.89. The number of aromatic nitrogens is 3. The summed E-state index contributed by atoms with van der Waals surface area (Å²) in [6.07, 6.45) is 1.09. The molecule has 6 nitrogen and oxygen atoms in total. The Kier molecular flexibility index (Phi) is 6.39. The van der Waals surface area contributed by atoms with E-state index in [4.69, 9.17) is 11.6 Å². The Labute approximate surface area is 172 Å². The summed E-state index contributed by atoms with van der Waals surface area (Å²) < 4.78 is 40.3. The summed E-state index contributed by atoms with van der Waals surface area (Å²) in [6, 6.07) is 11.7. The normalized spacial score (nSPS) is 11.7. The Morgan fingerprint density at radius 1 is 1.18 bits per heavy atom. The molecule has 28 heavy (non-hydrogen) atoms. The van der Waals surface area contributed by atoms with Crippen molar-refractivity contribution in [3.63, 3.8) is 0 Å². The van der Waals surface area contributed by atoms with E-state index in [-0.39, 0.29) is 12.4 Å². The van der Waals surface area contributed by atoms with Crippen molar-refractivity contribution in [3.05, 3.63) is 70.3 Å². The second kappa shape index (κ2) is 8.60. The van der Waals surface area contributed by atoms with E-state index in [1.807, 2.05) is 13.0 Å². The fourth-order valence-corrected chi connectivity index (χ4v) is 3.98. The largest absolute Gasteiger partial charge is 0.273 e. The lowest BCUT2D eigenvalue weighted by molar-refractivity contribution is 0.584. The van der Waals surface area contributed by atoms with Gasteiger partial charge in [0.05, 0.1) is 18.5 Å². The van der Waals surface area contributed by atoms with E-state index >= 15 is 0 Å². The zero-order valence-corrected chi connectivity index (χ0v) is 17.6. The lowest BCUT2D eigenvalue weighted by atomic mass is 10.2. The molecule has 1 N–H and O–H groups in total. The van der Waals surface area contributed by atoms with E-state index in [0.29, 0.717) is 21.8 Å². The highest BCUT2D eigenvalue weighted by atomic mass is 35.5. The molecule has 2 aromatic carbocycles. The molecular formula is C18H18ClFN4O2S2. The maximum atomic E-state index is 13.1. The maximum absolute atomic E-state index is 13.1. The summed E-state index contributed by atoms with van der Waals surface area (Å²) in [4.78, 5) is 0. The van der Waals surface area contributed by atoms with Gasteiger partial charge in [0.2, 0.25) is 10.0 Å². The lowest BCUT2D eigenvalue weighted by Crippen LogP contribution is -2.23. The minimum Gasteiger partial charge on any atom is -0.273 e. The number of benzene rings is 2. The van der Waals surface area contributed by atoms with E-state index in [2.05, 4.69) is 14.9 Å². The van der Waals surface area contributed by atoms with Gasteiger partial charge in [0.1, 0.15) is 5.82 Å². The molecule has 0 spiro atoms. The van der Waals surface area contributed by atoms with E-state index in [9.17, 15) is 12.8 Å². The number of rotatable bonds is 7. The summed E-state index contributed by atoms with van der Waals surface area (Å²) in [5.41, 5.74) is 2.64. The third kappa shape index (κ3) is 5.32. The van der Waals surface area contributed by atoms with Crippen LogP contribution in [0.5, 0.6) is 0 Å². The zero-order valence-electron chi connectivity index (χ0n) is 15.2. The van der Waals surface area contributed by atoms with Crippen molar-refractivity contribution in [3.8, 4) is 5.69 Å². The summed E-state index contributed by atoms with van der Waals surface area (Å²) in [7, 11) is -3.39. The van der Waals surface area contributed by atoms with Crippen molar-refractivity contribution in [1.29, 1.82) is 0 Å². The van der Waals surface area contributed by atoms with Gasteiger partial charge >= 0.3 is 0 Å². The Hall–Kier alpha value is -1.94. The number of aryl methyl sites for hydroxylation is 1. The van der Waals surface area contributed by atoms with Gasteiger partial charge < -0.3 is 0 Å². The lowest BCUT2D eigenvalue weighted by Gasteiger charge is -2.13. The molecule has 0 aliphatic rings. The number of halogens is 2. The molecule has 3 aromatic rings. The topological polar surface area (TPSA) is 76.9 Å². The van der Waals surface area contributed by atoms with Gasteiger partial charge in [-0.3, -0.25) is 4.57 Å². The molecule has 0 amide bonds. The van der Waals surface area contributed by atoms with Gasteiger partial charge in [-0.05, 0) is 42.3 Å². The van der Waals surface area contributed by atoms with Crippen LogP contribution in [0.15, 0.2) is 47.6 Å². The molecule has 0 aliphatic heterocycles. The maximum Gasteiger partial charge on any atom is 0.209 e. The molecule has 0 fully saturated rings. The molecule has 0 atom stereocenters. The van der Waals surface area contributed by atoms with Crippen LogP contribution in [0.1, 0.15) is 17.0 Å². The highest BCUT2D eigenvalue weighted by Crippen LogP contribution is 2.28. The first-order chi connectivity index (χ1) is 13.2. The fraction of sp³-hybridized carbons (Fsp3) is 0.222. The van der Waals surface area contributed by atoms with Gasteiger partial charge in [0, 0.05) is 10.8 Å². The first-order valence-corrected chi connectivity index (χ1v) is 11.5. The van der Waals surface area contributed by atoms with E-state index < -0.39 is 10.0 Å². The third-order valence-corrected chi connectivity index (χ3v) is 5.79. The van der Waals surface area contributed by atoms with Crippen LogP contribution in [0.3, 0.4) is 0 Å². The Morgan fingerprint density at radius 2 is 1.89 bits per heavy atom. The highest BCUT2D eigenvalue weighted by Gasteiger charge is 2.17. The molecule has 3 rings (SSSR count). The van der Waals surface area contributed by atoms with Crippen molar-refractivity contribution in [1.82, 2.24) is 19.5 Å². The molecule has 10 heteroatoms. The second-order valence-corrected chi connectivity index (χ2v) is 9.39. The first-order valence-electron chi connectivity index (χ1n) is 8.25. The van der Waals surface area contributed by atoms with E-state index in [1.54, 1.807) is 28.8 Å². The number of nitrogens with zero attached hydrogens (tertiary/aromatic N) is 3. The smallest absolute Gasteiger partial charge is 0.209 e. The van der Waals surface area contributed by atoms with Crippen LogP contribution in [-0.2, 0) is 22.3 Å². The number of hydrogen-bond acceptors (Lipinski definition) is 5. The van der Waals surface area contributed by atoms with Crippen LogP contribution < -0.4 is 4.72 Å². The molecule has 0 aliphatic carbocycles. The predicted molar refractivity (Wildman–Crippen MR) is 109 cm³/mol. The summed E-state index contributed by atoms with van der Waals surface area (Å²) in [5.74, 6) is 0.704. The zero-order chi connectivity index (χ0) is 20.3. The Balaban J connectivity index is 1.95. The predicted octanol–water partition coefficient (Wildman–Crippen LogP) is 3.71. The van der Waals surface area contributed by atoms with Crippen LogP contribution in [0.4, 0.5) is 4.39 Å². The molecule has 0 saturated heterocycles. The molecule has 148 valence electrons. The van der Waals surface area contributed by atoms with Gasteiger partial charge in [-0.2, -0.15) is 0 Å². The average Bonchev–Trinajstić information content (AvgIpc) is 3.04. The quantitative estimate of drug-likeness (QED) is 0.567. The van der Waals surface area contributed by atoms with Crippen molar-refractivity contribution < 1.29 is 12.8 Å². The second-order valence-electron chi connectivity index (χ2n) is 6.17. The average molecular weight is 441 g/mol. The molecule has 1 aromatic heterocycles. The van der Waals surface area contributed by atoms with Crippen LogP contribution >= 0.6 is 23.4 Å². The molecule has 0 unspecified atom stereocenters. The van der Waals surface area contributed by atoms with Crippen molar-refractivity contribution in [2.24, 2.45) is 0 Å². The van der Waals surface area contributed by atoms with Gasteiger partial charge in [0.15, 0.2) is 11.0 Å². The molecule has 1 heterocycles. The number of nitrogens with one attached hydrogen (secondary N) is 1. The summed E-state index contributed by atoms with van der Waals surface area (Å²) >= 11 is 7.58. The molecule has 0 saturated carbocycles. The van der Waals surface area contributed by atoms with Crippen LogP contribution in [0, 0.1) is 12.7 Å². The first kappa shape index (κ1) is 20.8. The van der Waals surface area contributed by atoms with Crippen molar-refractivity contribution in [2.75, 3.05) is 6.26 Å². The van der Waals surface area contributed by atoms with Gasteiger partial charge in [0.25, 0.3) is 0 Å². The Morgan fingerprint density at radius 3 is 2.57 bits per heavy atom. The van der Waals surface area contributed by atoms with Crippen LogP contribution in [0.2, 0.25) is 5.02 Å².